The number of hydrogen-bond acceptors (Lipinski definition) is 4. The first-order valence-electron chi connectivity index (χ1n) is 2.93. The number of rotatable bonds is 2. The van der Waals surface area contributed by atoms with Crippen molar-refractivity contribution in [3.63, 3.8) is 0 Å². The summed E-state index contributed by atoms with van der Waals surface area (Å²) in [5.41, 5.74) is 2.51. The molecule has 1 heterocycles. The fraction of sp³-hybridized carbons (Fsp3) is 0.167. The zero-order chi connectivity index (χ0) is 8.10. The van der Waals surface area contributed by atoms with E-state index in [0.717, 1.165) is 0 Å². The van der Waals surface area contributed by atoms with Gasteiger partial charge in [-0.25, -0.2) is 15.4 Å². The highest BCUT2D eigenvalue weighted by Gasteiger charge is 2.02. The molecule has 1 aromatic heterocycles. The zero-order valence-electron chi connectivity index (χ0n) is 5.94. The molecule has 58 valence electrons. The first kappa shape index (κ1) is 7.62. The number of hydrogen-bond donors (Lipinski definition) is 1. The van der Waals surface area contributed by atoms with Crippen LogP contribution >= 0.6 is 0 Å². The normalized spacial score (nSPS) is 9.18. The third-order valence-corrected chi connectivity index (χ3v) is 1.02. The van der Waals surface area contributed by atoms with Crippen molar-refractivity contribution in [1.82, 2.24) is 15.4 Å². The number of amides is 1. The van der Waals surface area contributed by atoms with Gasteiger partial charge in [-0.3, -0.25) is 9.63 Å². The number of carbonyl (C=O) groups excluding carboxylic acids is 1. The summed E-state index contributed by atoms with van der Waals surface area (Å²) in [6.45, 7) is 0. The Hall–Kier alpha value is -1.49. The highest BCUT2D eigenvalue weighted by molar-refractivity contribution is 5.92. The summed E-state index contributed by atoms with van der Waals surface area (Å²) < 4.78 is 0. The Morgan fingerprint density at radius 2 is 2.18 bits per heavy atom. The molecule has 0 aliphatic carbocycles. The van der Waals surface area contributed by atoms with E-state index in [1.165, 1.54) is 25.8 Å². The molecule has 5 heteroatoms. The number of nitrogens with one attached hydrogen (secondary N) is 1. The van der Waals surface area contributed by atoms with Crippen LogP contribution in [0.3, 0.4) is 0 Å². The Morgan fingerprint density at radius 1 is 1.55 bits per heavy atom. The third-order valence-electron chi connectivity index (χ3n) is 1.02. The predicted octanol–water partition coefficient (Wildman–Crippen LogP) is -0.232. The van der Waals surface area contributed by atoms with Gasteiger partial charge in [0.05, 0.1) is 12.7 Å². The number of aromatic nitrogens is 2. The van der Waals surface area contributed by atoms with Crippen molar-refractivity contribution in [3.05, 3.63) is 24.3 Å². The van der Waals surface area contributed by atoms with Gasteiger partial charge in [-0.1, -0.05) is 0 Å². The van der Waals surface area contributed by atoms with Gasteiger partial charge < -0.3 is 0 Å². The quantitative estimate of drug-likeness (QED) is 0.596. The van der Waals surface area contributed by atoms with Gasteiger partial charge in [0.15, 0.2) is 0 Å². The molecule has 0 aliphatic rings. The summed E-state index contributed by atoms with van der Waals surface area (Å²) in [4.78, 5) is 22.7. The Kier molecular flexibility index (Phi) is 2.51. The van der Waals surface area contributed by atoms with E-state index in [2.05, 4.69) is 20.3 Å². The van der Waals surface area contributed by atoms with Gasteiger partial charge in [-0.05, 0) is 0 Å². The summed E-state index contributed by atoms with van der Waals surface area (Å²) in [6.07, 6.45) is 4.16. The first-order chi connectivity index (χ1) is 5.34. The molecule has 0 spiro atoms. The van der Waals surface area contributed by atoms with E-state index >= 15 is 0 Å². The van der Waals surface area contributed by atoms with Gasteiger partial charge >= 0.3 is 0 Å². The molecule has 1 rings (SSSR count). The van der Waals surface area contributed by atoms with Crippen LogP contribution in [0.25, 0.3) is 0 Å². The maximum atomic E-state index is 10.9. The van der Waals surface area contributed by atoms with Gasteiger partial charge in [0.2, 0.25) is 0 Å². The summed E-state index contributed by atoms with van der Waals surface area (Å²) in [7, 11) is 1.36. The average Bonchev–Trinajstić information content (AvgIpc) is 2.07. The molecule has 5 nitrogen and oxygen atoms in total. The Morgan fingerprint density at radius 3 is 2.73 bits per heavy atom. The van der Waals surface area contributed by atoms with Gasteiger partial charge in [-0.15, -0.1) is 0 Å². The summed E-state index contributed by atoms with van der Waals surface area (Å²) >= 11 is 0. The van der Waals surface area contributed by atoms with E-state index in [-0.39, 0.29) is 5.91 Å². The van der Waals surface area contributed by atoms with Crippen molar-refractivity contribution in [2.45, 2.75) is 0 Å². The third kappa shape index (κ3) is 1.98. The molecule has 0 saturated heterocycles. The molecule has 0 unspecified atom stereocenters. The van der Waals surface area contributed by atoms with Crippen molar-refractivity contribution >= 4 is 5.91 Å². The second-order valence-corrected chi connectivity index (χ2v) is 1.76. The van der Waals surface area contributed by atoms with Crippen LogP contribution in [0.2, 0.25) is 0 Å². The van der Waals surface area contributed by atoms with E-state index in [0.29, 0.717) is 5.56 Å². The highest BCUT2D eigenvalue weighted by atomic mass is 16.6. The molecule has 11 heavy (non-hydrogen) atoms. The summed E-state index contributed by atoms with van der Waals surface area (Å²) in [5, 5.41) is 0. The molecule has 1 aromatic rings. The fourth-order valence-electron chi connectivity index (χ4n) is 0.568. The lowest BCUT2D eigenvalue weighted by Crippen LogP contribution is -2.21. The molecule has 0 aliphatic heterocycles. The van der Waals surface area contributed by atoms with Crippen molar-refractivity contribution in [2.24, 2.45) is 0 Å². The number of nitrogens with zero attached hydrogens (tertiary/aromatic N) is 2. The van der Waals surface area contributed by atoms with E-state index in [1.807, 2.05) is 0 Å². The van der Waals surface area contributed by atoms with Crippen LogP contribution in [0.15, 0.2) is 18.7 Å². The maximum absolute atomic E-state index is 10.9. The van der Waals surface area contributed by atoms with Crippen molar-refractivity contribution in [3.8, 4) is 0 Å². The standard InChI is InChI=1S/C6H7N3O2/c1-11-9-6(10)5-2-7-4-8-3-5/h2-4H,1H3,(H,9,10). The molecular weight excluding hydrogens is 146 g/mol. The lowest BCUT2D eigenvalue weighted by atomic mass is 10.3. The smallest absolute Gasteiger partial charge is 0.277 e. The van der Waals surface area contributed by atoms with Crippen LogP contribution in [0, 0.1) is 0 Å². The molecule has 0 bridgehead atoms. The molecule has 0 fully saturated rings. The van der Waals surface area contributed by atoms with Gasteiger partial charge in [0, 0.05) is 12.4 Å². The van der Waals surface area contributed by atoms with E-state index in [4.69, 9.17) is 0 Å². The molecule has 0 radical (unpaired) electrons. The van der Waals surface area contributed by atoms with Crippen LogP contribution in [0.5, 0.6) is 0 Å². The first-order valence-corrected chi connectivity index (χ1v) is 2.93. The van der Waals surface area contributed by atoms with Crippen LogP contribution in [0.4, 0.5) is 0 Å². The van der Waals surface area contributed by atoms with Crippen LogP contribution in [-0.4, -0.2) is 23.0 Å². The monoisotopic (exact) mass is 153 g/mol. The second-order valence-electron chi connectivity index (χ2n) is 1.76. The minimum absolute atomic E-state index is 0.354. The minimum atomic E-state index is -0.354. The number of hydroxylamine groups is 1. The van der Waals surface area contributed by atoms with Crippen molar-refractivity contribution in [1.29, 1.82) is 0 Å². The summed E-state index contributed by atoms with van der Waals surface area (Å²) in [5.74, 6) is -0.354. The summed E-state index contributed by atoms with van der Waals surface area (Å²) in [6, 6.07) is 0. The van der Waals surface area contributed by atoms with Crippen LogP contribution in [0.1, 0.15) is 10.4 Å². The van der Waals surface area contributed by atoms with E-state index < -0.39 is 0 Å². The molecular formula is C6H7N3O2. The van der Waals surface area contributed by atoms with E-state index in [1.54, 1.807) is 0 Å². The van der Waals surface area contributed by atoms with Crippen molar-refractivity contribution < 1.29 is 9.63 Å². The van der Waals surface area contributed by atoms with Gasteiger partial charge in [0.25, 0.3) is 5.91 Å². The Balaban J connectivity index is 2.69. The number of carbonyl (C=O) groups is 1. The lowest BCUT2D eigenvalue weighted by molar-refractivity contribution is 0.0537. The zero-order valence-corrected chi connectivity index (χ0v) is 5.94. The lowest BCUT2D eigenvalue weighted by Gasteiger charge is -1.98. The largest absolute Gasteiger partial charge is 0.277 e. The van der Waals surface area contributed by atoms with Crippen molar-refractivity contribution in [2.75, 3.05) is 7.11 Å². The minimum Gasteiger partial charge on any atom is -0.277 e. The molecule has 0 saturated carbocycles. The molecule has 1 N–H and O–H groups in total. The molecule has 1 amide bonds. The highest BCUT2D eigenvalue weighted by Crippen LogP contribution is 1.90. The second kappa shape index (κ2) is 3.62. The topological polar surface area (TPSA) is 64.1 Å². The van der Waals surface area contributed by atoms with Gasteiger partial charge in [0.1, 0.15) is 6.33 Å². The van der Waals surface area contributed by atoms with Gasteiger partial charge in [-0.2, -0.15) is 0 Å². The fourth-order valence-corrected chi connectivity index (χ4v) is 0.568. The predicted molar refractivity (Wildman–Crippen MR) is 36.5 cm³/mol. The molecule has 0 aromatic carbocycles. The molecule has 0 atom stereocenters. The van der Waals surface area contributed by atoms with Crippen LogP contribution in [-0.2, 0) is 4.84 Å². The van der Waals surface area contributed by atoms with Crippen LogP contribution < -0.4 is 5.48 Å². The average molecular weight is 153 g/mol. The Labute approximate surface area is 63.4 Å². The Bertz CT molecular complexity index is 237. The van der Waals surface area contributed by atoms with E-state index in [9.17, 15) is 4.79 Å². The maximum Gasteiger partial charge on any atom is 0.277 e. The SMILES string of the molecule is CONC(=O)c1cncnc1.